The van der Waals surface area contributed by atoms with Gasteiger partial charge in [0.05, 0.1) is 0 Å². The molecule has 2 heterocycles. The first-order valence-electron chi connectivity index (χ1n) is 9.41. The number of amides is 1. The molecule has 2 aromatic heterocycles. The van der Waals surface area contributed by atoms with Crippen molar-refractivity contribution in [2.45, 2.75) is 19.4 Å². The Labute approximate surface area is 180 Å². The quantitative estimate of drug-likeness (QED) is 0.449. The van der Waals surface area contributed by atoms with E-state index in [1.165, 1.54) is 0 Å². The lowest BCUT2D eigenvalue weighted by molar-refractivity contribution is -0.134. The number of carbonyl (C=O) groups excluding carboxylic acids is 1. The summed E-state index contributed by atoms with van der Waals surface area (Å²) in [5.74, 6) is 2.24. The van der Waals surface area contributed by atoms with Gasteiger partial charge < -0.3 is 20.7 Å². The van der Waals surface area contributed by atoms with Crippen molar-refractivity contribution in [1.82, 2.24) is 20.5 Å². The Bertz CT molecular complexity index is 949. The molecule has 0 fully saturated rings. The smallest absolute Gasteiger partial charge is 0.263 e. The highest BCUT2D eigenvalue weighted by molar-refractivity contribution is 6.30. The van der Waals surface area contributed by atoms with Crippen LogP contribution < -0.4 is 20.7 Å². The van der Waals surface area contributed by atoms with Gasteiger partial charge in [0.2, 0.25) is 0 Å². The largest absolute Gasteiger partial charge is 0.478 e. The van der Waals surface area contributed by atoms with Gasteiger partial charge in [0.1, 0.15) is 17.4 Å². The van der Waals surface area contributed by atoms with Gasteiger partial charge in [0.15, 0.2) is 11.4 Å². The highest BCUT2D eigenvalue weighted by Gasteiger charge is 2.29. The fourth-order valence-electron chi connectivity index (χ4n) is 2.48. The van der Waals surface area contributed by atoms with Crippen molar-refractivity contribution in [2.75, 3.05) is 23.7 Å². The number of aromatic nitrogens is 3. The highest BCUT2D eigenvalue weighted by atomic mass is 35.5. The first-order chi connectivity index (χ1) is 14.4. The Kier molecular flexibility index (Phi) is 7.03. The SMILES string of the molecule is CC(C)(Oc1ccc(Cl)cc1)C(=O)NCCNc1ccc(Nc2ccccn2)nn1. The maximum absolute atomic E-state index is 12.4. The number of rotatable bonds is 9. The highest BCUT2D eigenvalue weighted by Crippen LogP contribution is 2.21. The van der Waals surface area contributed by atoms with Gasteiger partial charge in [0, 0.05) is 24.3 Å². The maximum atomic E-state index is 12.4. The Morgan fingerprint density at radius 2 is 1.70 bits per heavy atom. The Morgan fingerprint density at radius 1 is 0.967 bits per heavy atom. The fourth-order valence-corrected chi connectivity index (χ4v) is 2.61. The third-order valence-electron chi connectivity index (χ3n) is 4.04. The summed E-state index contributed by atoms with van der Waals surface area (Å²) in [6.07, 6.45) is 1.70. The molecule has 0 aliphatic carbocycles. The molecule has 0 radical (unpaired) electrons. The van der Waals surface area contributed by atoms with Gasteiger partial charge in [-0.2, -0.15) is 0 Å². The maximum Gasteiger partial charge on any atom is 0.263 e. The summed E-state index contributed by atoms with van der Waals surface area (Å²) in [5, 5.41) is 17.8. The second kappa shape index (κ2) is 9.89. The number of ether oxygens (including phenoxy) is 1. The molecule has 0 saturated heterocycles. The summed E-state index contributed by atoms with van der Waals surface area (Å²) in [7, 11) is 0. The van der Waals surface area contributed by atoms with E-state index >= 15 is 0 Å². The molecule has 0 saturated carbocycles. The van der Waals surface area contributed by atoms with Crippen LogP contribution in [-0.2, 0) is 4.79 Å². The van der Waals surface area contributed by atoms with Crippen molar-refractivity contribution in [3.05, 3.63) is 65.8 Å². The predicted octanol–water partition coefficient (Wildman–Crippen LogP) is 3.65. The van der Waals surface area contributed by atoms with Crippen LogP contribution in [0.2, 0.25) is 5.02 Å². The third kappa shape index (κ3) is 6.31. The molecule has 0 unspecified atom stereocenters. The Morgan fingerprint density at radius 3 is 2.37 bits per heavy atom. The number of anilines is 3. The van der Waals surface area contributed by atoms with Crippen molar-refractivity contribution in [2.24, 2.45) is 0 Å². The second-order valence-corrected chi connectivity index (χ2v) is 7.33. The lowest BCUT2D eigenvalue weighted by Gasteiger charge is -2.25. The molecule has 3 aromatic rings. The van der Waals surface area contributed by atoms with E-state index in [-0.39, 0.29) is 5.91 Å². The van der Waals surface area contributed by atoms with Gasteiger partial charge in [-0.25, -0.2) is 4.98 Å². The number of halogens is 1. The van der Waals surface area contributed by atoms with Crippen molar-refractivity contribution in [3.8, 4) is 5.75 Å². The third-order valence-corrected chi connectivity index (χ3v) is 4.29. The zero-order valence-corrected chi connectivity index (χ0v) is 17.5. The van der Waals surface area contributed by atoms with E-state index in [2.05, 4.69) is 31.1 Å². The van der Waals surface area contributed by atoms with E-state index in [0.29, 0.717) is 41.3 Å². The van der Waals surface area contributed by atoms with Gasteiger partial charge in [-0.3, -0.25) is 4.79 Å². The molecule has 1 amide bonds. The van der Waals surface area contributed by atoms with Gasteiger partial charge >= 0.3 is 0 Å². The van der Waals surface area contributed by atoms with Crippen LogP contribution in [0.4, 0.5) is 17.5 Å². The van der Waals surface area contributed by atoms with Crippen LogP contribution in [0.1, 0.15) is 13.8 Å². The Hall–Kier alpha value is -3.39. The minimum atomic E-state index is -1.02. The average molecular weight is 427 g/mol. The zero-order chi connectivity index (χ0) is 21.4. The first-order valence-corrected chi connectivity index (χ1v) is 9.79. The molecular weight excluding hydrogens is 404 g/mol. The molecule has 0 aliphatic rings. The molecule has 8 nitrogen and oxygen atoms in total. The van der Waals surface area contributed by atoms with E-state index in [0.717, 1.165) is 0 Å². The molecule has 30 heavy (non-hydrogen) atoms. The molecule has 3 rings (SSSR count). The van der Waals surface area contributed by atoms with Crippen molar-refractivity contribution in [1.29, 1.82) is 0 Å². The lowest BCUT2D eigenvalue weighted by Crippen LogP contribution is -2.47. The van der Waals surface area contributed by atoms with Crippen molar-refractivity contribution in [3.63, 3.8) is 0 Å². The van der Waals surface area contributed by atoms with Crippen molar-refractivity contribution >= 4 is 35.0 Å². The van der Waals surface area contributed by atoms with E-state index in [4.69, 9.17) is 16.3 Å². The van der Waals surface area contributed by atoms with Gasteiger partial charge in [0.25, 0.3) is 5.91 Å². The van der Waals surface area contributed by atoms with Crippen LogP contribution in [0.3, 0.4) is 0 Å². The van der Waals surface area contributed by atoms with E-state index in [1.54, 1.807) is 56.4 Å². The topological polar surface area (TPSA) is 101 Å². The van der Waals surface area contributed by atoms with Crippen LogP contribution in [0, 0.1) is 0 Å². The molecule has 156 valence electrons. The number of nitrogens with zero attached hydrogens (tertiary/aromatic N) is 3. The summed E-state index contributed by atoms with van der Waals surface area (Å²) >= 11 is 5.87. The minimum absolute atomic E-state index is 0.222. The molecule has 0 atom stereocenters. The summed E-state index contributed by atoms with van der Waals surface area (Å²) in [5.41, 5.74) is -1.02. The average Bonchev–Trinajstić information content (AvgIpc) is 2.74. The number of nitrogens with one attached hydrogen (secondary N) is 3. The number of benzene rings is 1. The first kappa shape index (κ1) is 21.3. The normalized spacial score (nSPS) is 10.9. The monoisotopic (exact) mass is 426 g/mol. The summed E-state index contributed by atoms with van der Waals surface area (Å²) in [6, 6.07) is 16.0. The summed E-state index contributed by atoms with van der Waals surface area (Å²) < 4.78 is 5.77. The molecule has 0 spiro atoms. The van der Waals surface area contributed by atoms with Crippen molar-refractivity contribution < 1.29 is 9.53 Å². The van der Waals surface area contributed by atoms with E-state index in [1.807, 2.05) is 18.2 Å². The molecule has 1 aromatic carbocycles. The summed E-state index contributed by atoms with van der Waals surface area (Å²) in [4.78, 5) is 16.6. The van der Waals surface area contributed by atoms with Crippen LogP contribution in [0.15, 0.2) is 60.8 Å². The summed E-state index contributed by atoms with van der Waals surface area (Å²) in [6.45, 7) is 4.32. The molecule has 0 aliphatic heterocycles. The molecular formula is C21H23ClN6O2. The predicted molar refractivity (Wildman–Crippen MR) is 117 cm³/mol. The fraction of sp³-hybridized carbons (Fsp3) is 0.238. The zero-order valence-electron chi connectivity index (χ0n) is 16.7. The van der Waals surface area contributed by atoms with Crippen LogP contribution >= 0.6 is 11.6 Å². The van der Waals surface area contributed by atoms with Crippen LogP contribution in [-0.4, -0.2) is 39.8 Å². The number of hydrogen-bond acceptors (Lipinski definition) is 7. The number of hydrogen-bond donors (Lipinski definition) is 3. The molecule has 0 bridgehead atoms. The second-order valence-electron chi connectivity index (χ2n) is 6.89. The van der Waals surface area contributed by atoms with Crippen LogP contribution in [0.25, 0.3) is 0 Å². The van der Waals surface area contributed by atoms with Crippen LogP contribution in [0.5, 0.6) is 5.75 Å². The number of carbonyl (C=O) groups is 1. The van der Waals surface area contributed by atoms with E-state index in [9.17, 15) is 4.79 Å². The molecule has 9 heteroatoms. The van der Waals surface area contributed by atoms with E-state index < -0.39 is 5.60 Å². The standard InChI is InChI=1S/C21H23ClN6O2/c1-21(2,30-16-8-6-15(22)7-9-16)20(29)25-14-13-24-18-10-11-19(28-27-18)26-17-5-3-4-12-23-17/h3-12H,13-14H2,1-2H3,(H,24,27)(H,25,29)(H,23,26,28). The van der Waals surface area contributed by atoms with Gasteiger partial charge in [-0.05, 0) is 62.4 Å². The molecule has 3 N–H and O–H groups in total. The van der Waals surface area contributed by atoms with Gasteiger partial charge in [-0.1, -0.05) is 17.7 Å². The lowest BCUT2D eigenvalue weighted by atomic mass is 10.1. The Balaban J connectivity index is 1.41. The number of pyridine rings is 1. The van der Waals surface area contributed by atoms with Gasteiger partial charge in [-0.15, -0.1) is 10.2 Å². The minimum Gasteiger partial charge on any atom is -0.478 e.